The molecule has 0 spiro atoms. The summed E-state index contributed by atoms with van der Waals surface area (Å²) in [7, 11) is 0. The molecular formula is C22H20ClN3O3. The second-order valence-corrected chi connectivity index (χ2v) is 7.20. The summed E-state index contributed by atoms with van der Waals surface area (Å²) in [4.78, 5) is 28.7. The Hall–Kier alpha value is -3.25. The zero-order valence-electron chi connectivity index (χ0n) is 15.7. The number of carbonyl (C=O) groups is 2. The minimum atomic E-state index is -0.181. The molecule has 1 aliphatic heterocycles. The quantitative estimate of drug-likeness (QED) is 0.703. The molecule has 6 nitrogen and oxygen atoms in total. The third kappa shape index (κ3) is 4.43. The highest BCUT2D eigenvalue weighted by Gasteiger charge is 2.23. The molecule has 3 aromatic rings. The smallest absolute Gasteiger partial charge is 0.289 e. The van der Waals surface area contributed by atoms with E-state index in [9.17, 15) is 9.59 Å². The zero-order valence-corrected chi connectivity index (χ0v) is 16.4. The van der Waals surface area contributed by atoms with E-state index in [0.717, 1.165) is 24.5 Å². The van der Waals surface area contributed by atoms with Crippen molar-refractivity contribution < 1.29 is 14.0 Å². The van der Waals surface area contributed by atoms with Gasteiger partial charge in [0.05, 0.1) is 6.26 Å². The molecule has 0 atom stereocenters. The number of hydrogen-bond donors (Lipinski definition) is 1. The van der Waals surface area contributed by atoms with Gasteiger partial charge in [0.15, 0.2) is 5.76 Å². The zero-order chi connectivity index (χ0) is 20.2. The Morgan fingerprint density at radius 1 is 0.897 bits per heavy atom. The van der Waals surface area contributed by atoms with E-state index in [0.29, 0.717) is 29.4 Å². The summed E-state index contributed by atoms with van der Waals surface area (Å²) in [5, 5.41) is 3.48. The highest BCUT2D eigenvalue weighted by Crippen LogP contribution is 2.21. The molecular weight excluding hydrogens is 390 g/mol. The molecule has 2 heterocycles. The first-order valence-electron chi connectivity index (χ1n) is 9.35. The summed E-state index contributed by atoms with van der Waals surface area (Å²) in [6.45, 7) is 2.75. The largest absolute Gasteiger partial charge is 0.459 e. The third-order valence-corrected chi connectivity index (χ3v) is 5.15. The van der Waals surface area contributed by atoms with E-state index in [1.807, 2.05) is 24.3 Å². The molecule has 0 aliphatic carbocycles. The number of rotatable bonds is 4. The van der Waals surface area contributed by atoms with Crippen LogP contribution in [0, 0.1) is 0 Å². The van der Waals surface area contributed by atoms with E-state index in [-0.39, 0.29) is 11.8 Å². The van der Waals surface area contributed by atoms with E-state index < -0.39 is 0 Å². The van der Waals surface area contributed by atoms with Crippen LogP contribution in [0.15, 0.2) is 71.3 Å². The maximum absolute atomic E-state index is 12.4. The summed E-state index contributed by atoms with van der Waals surface area (Å²) < 4.78 is 5.20. The van der Waals surface area contributed by atoms with Gasteiger partial charge in [0.2, 0.25) is 0 Å². The number of nitrogens with one attached hydrogen (secondary N) is 1. The van der Waals surface area contributed by atoms with Gasteiger partial charge < -0.3 is 19.5 Å². The number of carbonyl (C=O) groups excluding carboxylic acids is 2. The molecule has 0 unspecified atom stereocenters. The van der Waals surface area contributed by atoms with Crippen molar-refractivity contribution in [3.05, 3.63) is 83.3 Å². The monoisotopic (exact) mass is 409 g/mol. The average molecular weight is 410 g/mol. The van der Waals surface area contributed by atoms with E-state index in [1.54, 1.807) is 41.3 Å². The molecule has 148 valence electrons. The molecule has 2 amide bonds. The van der Waals surface area contributed by atoms with E-state index in [2.05, 4.69) is 10.2 Å². The fourth-order valence-electron chi connectivity index (χ4n) is 3.28. The summed E-state index contributed by atoms with van der Waals surface area (Å²) in [5.41, 5.74) is 2.33. The first-order valence-corrected chi connectivity index (χ1v) is 9.73. The van der Waals surface area contributed by atoms with Crippen LogP contribution in [0.4, 0.5) is 11.4 Å². The van der Waals surface area contributed by atoms with Crippen LogP contribution in [0.5, 0.6) is 0 Å². The second-order valence-electron chi connectivity index (χ2n) is 6.76. The van der Waals surface area contributed by atoms with Gasteiger partial charge in [-0.05, 0) is 60.7 Å². The maximum atomic E-state index is 12.4. The van der Waals surface area contributed by atoms with E-state index in [1.165, 1.54) is 6.26 Å². The van der Waals surface area contributed by atoms with Gasteiger partial charge in [0.1, 0.15) is 0 Å². The Balaban J connectivity index is 1.33. The second kappa shape index (κ2) is 8.41. The average Bonchev–Trinajstić information content (AvgIpc) is 3.29. The molecule has 1 aromatic heterocycles. The molecule has 0 radical (unpaired) electrons. The minimum absolute atomic E-state index is 0.0742. The Kier molecular flexibility index (Phi) is 5.53. The molecule has 0 bridgehead atoms. The minimum Gasteiger partial charge on any atom is -0.459 e. The predicted octanol–water partition coefficient (Wildman–Crippen LogP) is 4.15. The van der Waals surface area contributed by atoms with Crippen LogP contribution in [0.3, 0.4) is 0 Å². The predicted molar refractivity (Wildman–Crippen MR) is 113 cm³/mol. The van der Waals surface area contributed by atoms with Gasteiger partial charge in [-0.1, -0.05) is 11.6 Å². The number of amides is 2. The summed E-state index contributed by atoms with van der Waals surface area (Å²) in [5.74, 6) is 0.119. The fourth-order valence-corrected chi connectivity index (χ4v) is 3.41. The van der Waals surface area contributed by atoms with Gasteiger partial charge in [-0.2, -0.15) is 0 Å². The van der Waals surface area contributed by atoms with Crippen LogP contribution in [0.1, 0.15) is 20.9 Å². The molecule has 1 fully saturated rings. The normalized spacial score (nSPS) is 14.0. The van der Waals surface area contributed by atoms with E-state index in [4.69, 9.17) is 16.0 Å². The molecule has 29 heavy (non-hydrogen) atoms. The van der Waals surface area contributed by atoms with Crippen molar-refractivity contribution in [2.24, 2.45) is 0 Å². The fraction of sp³-hybridized carbons (Fsp3) is 0.182. The van der Waals surface area contributed by atoms with Crippen LogP contribution < -0.4 is 10.2 Å². The number of anilines is 2. The van der Waals surface area contributed by atoms with Crippen LogP contribution in [0.2, 0.25) is 5.02 Å². The third-order valence-electron chi connectivity index (χ3n) is 4.90. The van der Waals surface area contributed by atoms with Gasteiger partial charge >= 0.3 is 0 Å². The Labute approximate surface area is 173 Å². The van der Waals surface area contributed by atoms with Gasteiger partial charge in [0.25, 0.3) is 11.8 Å². The van der Waals surface area contributed by atoms with Crippen molar-refractivity contribution >= 4 is 34.8 Å². The summed E-state index contributed by atoms with van der Waals surface area (Å²) in [6.07, 6.45) is 1.51. The standard InChI is InChI=1S/C22H20ClN3O3/c23-17-5-3-16(4-6-17)21(27)24-18-7-9-19(10-8-18)25-11-13-26(14-12-25)22(28)20-2-1-15-29-20/h1-10,15H,11-14H2,(H,24,27). The topological polar surface area (TPSA) is 65.8 Å². The Morgan fingerprint density at radius 2 is 1.59 bits per heavy atom. The highest BCUT2D eigenvalue weighted by atomic mass is 35.5. The molecule has 1 N–H and O–H groups in total. The number of nitrogens with zero attached hydrogens (tertiary/aromatic N) is 2. The lowest BCUT2D eigenvalue weighted by Gasteiger charge is -2.35. The van der Waals surface area contributed by atoms with Crippen LogP contribution in [-0.2, 0) is 0 Å². The molecule has 0 saturated carbocycles. The van der Waals surface area contributed by atoms with Crippen molar-refractivity contribution in [2.45, 2.75) is 0 Å². The number of furan rings is 1. The van der Waals surface area contributed by atoms with Crippen molar-refractivity contribution in [2.75, 3.05) is 36.4 Å². The number of benzene rings is 2. The first kappa shape index (κ1) is 19.1. The van der Waals surface area contributed by atoms with Crippen LogP contribution >= 0.6 is 11.6 Å². The van der Waals surface area contributed by atoms with Crippen molar-refractivity contribution in [1.29, 1.82) is 0 Å². The Morgan fingerprint density at radius 3 is 2.21 bits per heavy atom. The maximum Gasteiger partial charge on any atom is 0.289 e. The summed E-state index contributed by atoms with van der Waals surface area (Å²) >= 11 is 5.86. The molecule has 2 aromatic carbocycles. The number of piperazine rings is 1. The lowest BCUT2D eigenvalue weighted by Crippen LogP contribution is -2.48. The number of halogens is 1. The SMILES string of the molecule is O=C(Nc1ccc(N2CCN(C(=O)c3ccco3)CC2)cc1)c1ccc(Cl)cc1. The molecule has 4 rings (SSSR count). The molecule has 1 saturated heterocycles. The highest BCUT2D eigenvalue weighted by molar-refractivity contribution is 6.30. The first-order chi connectivity index (χ1) is 14.1. The number of hydrogen-bond acceptors (Lipinski definition) is 4. The van der Waals surface area contributed by atoms with Crippen molar-refractivity contribution in [1.82, 2.24) is 4.90 Å². The molecule has 7 heteroatoms. The van der Waals surface area contributed by atoms with E-state index >= 15 is 0 Å². The van der Waals surface area contributed by atoms with Crippen molar-refractivity contribution in [3.63, 3.8) is 0 Å². The van der Waals surface area contributed by atoms with Gasteiger partial charge in [-0.25, -0.2) is 0 Å². The Bertz CT molecular complexity index is 977. The van der Waals surface area contributed by atoms with Crippen LogP contribution in [0.25, 0.3) is 0 Å². The summed E-state index contributed by atoms with van der Waals surface area (Å²) in [6, 6.07) is 17.9. The van der Waals surface area contributed by atoms with Gasteiger partial charge in [0, 0.05) is 48.1 Å². The van der Waals surface area contributed by atoms with Gasteiger partial charge in [-0.15, -0.1) is 0 Å². The lowest BCUT2D eigenvalue weighted by molar-refractivity contribution is 0.0714. The molecule has 1 aliphatic rings. The van der Waals surface area contributed by atoms with Gasteiger partial charge in [-0.3, -0.25) is 9.59 Å². The van der Waals surface area contributed by atoms with Crippen LogP contribution in [-0.4, -0.2) is 42.9 Å². The van der Waals surface area contributed by atoms with Crippen molar-refractivity contribution in [3.8, 4) is 0 Å². The lowest BCUT2D eigenvalue weighted by atomic mass is 10.2.